The molecule has 0 saturated carbocycles. The second-order valence-electron chi connectivity index (χ2n) is 2.67. The molecule has 0 fully saturated rings. The van der Waals surface area contributed by atoms with Crippen LogP contribution in [0.25, 0.3) is 0 Å². The number of carboxylic acid groups (broad SMARTS) is 1. The summed E-state index contributed by atoms with van der Waals surface area (Å²) in [6.07, 6.45) is 0. The van der Waals surface area contributed by atoms with Gasteiger partial charge < -0.3 is 5.11 Å². The highest BCUT2D eigenvalue weighted by Gasteiger charge is 2.15. The fourth-order valence-corrected chi connectivity index (χ4v) is 2.16. The minimum atomic E-state index is -0.984. The Labute approximate surface area is 79.9 Å². The maximum atomic E-state index is 10.5. The van der Waals surface area contributed by atoms with E-state index in [0.717, 1.165) is 17.0 Å². The molecule has 0 atom stereocenters. The zero-order valence-corrected chi connectivity index (χ0v) is 8.45. The van der Waals surface area contributed by atoms with Gasteiger partial charge in [-0.05, 0) is 5.92 Å². The summed E-state index contributed by atoms with van der Waals surface area (Å²) in [5.41, 5.74) is 0.765. The average Bonchev–Trinajstić information content (AvgIpc) is 2.30. The number of thiol groups is 1. The van der Waals surface area contributed by atoms with E-state index in [1.165, 1.54) is 0 Å². The van der Waals surface area contributed by atoms with Crippen molar-refractivity contribution in [2.45, 2.75) is 24.0 Å². The van der Waals surface area contributed by atoms with Gasteiger partial charge in [-0.25, -0.2) is 9.78 Å². The lowest BCUT2D eigenvalue weighted by Gasteiger charge is -1.98. The Morgan fingerprint density at radius 3 is 2.50 bits per heavy atom. The number of thiazole rings is 1. The first kappa shape index (κ1) is 9.54. The monoisotopic (exact) mass is 203 g/mol. The SMILES string of the molecule is CC(C)c1nc(C(=O)O)sc1S. The van der Waals surface area contributed by atoms with Crippen molar-refractivity contribution < 1.29 is 9.90 Å². The molecule has 0 aliphatic heterocycles. The van der Waals surface area contributed by atoms with Gasteiger partial charge in [0.1, 0.15) is 0 Å². The molecule has 1 heterocycles. The van der Waals surface area contributed by atoms with E-state index in [0.29, 0.717) is 4.21 Å². The van der Waals surface area contributed by atoms with Gasteiger partial charge >= 0.3 is 5.97 Å². The van der Waals surface area contributed by atoms with E-state index in [4.69, 9.17) is 5.11 Å². The lowest BCUT2D eigenvalue weighted by atomic mass is 10.2. The summed E-state index contributed by atoms with van der Waals surface area (Å²) in [5, 5.41) is 8.73. The van der Waals surface area contributed by atoms with Crippen molar-refractivity contribution >= 4 is 29.9 Å². The first-order valence-electron chi connectivity index (χ1n) is 3.45. The molecule has 0 bridgehead atoms. The minimum Gasteiger partial charge on any atom is -0.476 e. The van der Waals surface area contributed by atoms with E-state index in [9.17, 15) is 4.79 Å². The third kappa shape index (κ3) is 1.78. The minimum absolute atomic E-state index is 0.115. The maximum absolute atomic E-state index is 10.5. The highest BCUT2D eigenvalue weighted by molar-refractivity contribution is 7.83. The lowest BCUT2D eigenvalue weighted by Crippen LogP contribution is -1.96. The number of nitrogens with zero attached hydrogens (tertiary/aromatic N) is 1. The highest BCUT2D eigenvalue weighted by atomic mass is 32.2. The van der Waals surface area contributed by atoms with Gasteiger partial charge in [-0.1, -0.05) is 13.8 Å². The van der Waals surface area contributed by atoms with Crippen LogP contribution in [-0.2, 0) is 0 Å². The zero-order chi connectivity index (χ0) is 9.30. The molecule has 0 aliphatic carbocycles. The molecule has 0 radical (unpaired) electrons. The van der Waals surface area contributed by atoms with Crippen LogP contribution in [0.5, 0.6) is 0 Å². The predicted octanol–water partition coefficient (Wildman–Crippen LogP) is 2.25. The van der Waals surface area contributed by atoms with Crippen LogP contribution in [0.15, 0.2) is 4.21 Å². The second kappa shape index (κ2) is 3.45. The summed E-state index contributed by atoms with van der Waals surface area (Å²) in [5.74, 6) is -0.760. The van der Waals surface area contributed by atoms with Crippen molar-refractivity contribution in [3.63, 3.8) is 0 Å². The van der Waals surface area contributed by atoms with Gasteiger partial charge in [-0.2, -0.15) is 0 Å². The smallest absolute Gasteiger partial charge is 0.365 e. The summed E-state index contributed by atoms with van der Waals surface area (Å²) in [4.78, 5) is 14.5. The van der Waals surface area contributed by atoms with E-state index in [1.807, 2.05) is 13.8 Å². The normalized spacial score (nSPS) is 10.7. The van der Waals surface area contributed by atoms with Gasteiger partial charge in [-0.15, -0.1) is 24.0 Å². The molecule has 66 valence electrons. The van der Waals surface area contributed by atoms with Crippen LogP contribution in [-0.4, -0.2) is 16.1 Å². The molecule has 0 aromatic carbocycles. The first-order valence-corrected chi connectivity index (χ1v) is 4.71. The van der Waals surface area contributed by atoms with Gasteiger partial charge in [0.2, 0.25) is 5.01 Å². The second-order valence-corrected chi connectivity index (χ2v) is 4.42. The summed E-state index contributed by atoms with van der Waals surface area (Å²) >= 11 is 5.25. The van der Waals surface area contributed by atoms with Crippen LogP contribution < -0.4 is 0 Å². The van der Waals surface area contributed by atoms with Gasteiger partial charge in [0.05, 0.1) is 9.90 Å². The number of hydrogen-bond acceptors (Lipinski definition) is 4. The average molecular weight is 203 g/mol. The molecule has 12 heavy (non-hydrogen) atoms. The van der Waals surface area contributed by atoms with Crippen molar-refractivity contribution in [1.29, 1.82) is 0 Å². The predicted molar refractivity (Wildman–Crippen MR) is 50.4 cm³/mol. The molecule has 3 nitrogen and oxygen atoms in total. The zero-order valence-electron chi connectivity index (χ0n) is 6.74. The van der Waals surface area contributed by atoms with E-state index in [-0.39, 0.29) is 10.9 Å². The van der Waals surface area contributed by atoms with Crippen molar-refractivity contribution in [2.75, 3.05) is 0 Å². The standard InChI is InChI=1S/C7H9NO2S2/c1-3(2)4-7(11)12-5(8-4)6(9)10/h3,11H,1-2H3,(H,9,10). The molecule has 1 aromatic rings. The van der Waals surface area contributed by atoms with Gasteiger partial charge in [-0.3, -0.25) is 0 Å². The van der Waals surface area contributed by atoms with Crippen LogP contribution in [0.1, 0.15) is 35.3 Å². The summed E-state index contributed by atoms with van der Waals surface area (Å²) in [6.45, 7) is 3.92. The highest BCUT2D eigenvalue weighted by Crippen LogP contribution is 2.27. The van der Waals surface area contributed by atoms with Crippen LogP contribution in [0, 0.1) is 0 Å². The fraction of sp³-hybridized carbons (Fsp3) is 0.429. The van der Waals surface area contributed by atoms with E-state index in [1.54, 1.807) is 0 Å². The molecular formula is C7H9NO2S2. The Hall–Kier alpha value is -0.550. The van der Waals surface area contributed by atoms with Crippen LogP contribution in [0.3, 0.4) is 0 Å². The molecule has 1 rings (SSSR count). The number of aromatic carboxylic acids is 1. The first-order chi connectivity index (χ1) is 5.52. The third-order valence-corrected chi connectivity index (χ3v) is 2.73. The van der Waals surface area contributed by atoms with Gasteiger partial charge in [0, 0.05) is 0 Å². The number of rotatable bonds is 2. The Morgan fingerprint density at radius 1 is 1.67 bits per heavy atom. The van der Waals surface area contributed by atoms with Gasteiger partial charge in [0.25, 0.3) is 0 Å². The molecule has 1 aromatic heterocycles. The molecule has 0 unspecified atom stereocenters. The third-order valence-electron chi connectivity index (χ3n) is 1.36. The lowest BCUT2D eigenvalue weighted by molar-refractivity contribution is 0.0696. The molecule has 0 saturated heterocycles. The number of carboxylic acids is 1. The Bertz CT molecular complexity index is 306. The maximum Gasteiger partial charge on any atom is 0.365 e. The van der Waals surface area contributed by atoms with Crippen LogP contribution in [0.2, 0.25) is 0 Å². The molecule has 0 spiro atoms. The van der Waals surface area contributed by atoms with E-state index in [2.05, 4.69) is 17.6 Å². The topological polar surface area (TPSA) is 50.2 Å². The molecular weight excluding hydrogens is 194 g/mol. The summed E-state index contributed by atoms with van der Waals surface area (Å²) in [7, 11) is 0. The molecule has 0 aliphatic rings. The molecule has 5 heteroatoms. The summed E-state index contributed by atoms with van der Waals surface area (Å²) in [6, 6.07) is 0. The van der Waals surface area contributed by atoms with Crippen molar-refractivity contribution in [3.8, 4) is 0 Å². The number of hydrogen-bond donors (Lipinski definition) is 2. The Balaban J connectivity index is 3.09. The van der Waals surface area contributed by atoms with Crippen LogP contribution in [0.4, 0.5) is 0 Å². The molecule has 0 amide bonds. The largest absolute Gasteiger partial charge is 0.476 e. The fourth-order valence-electron chi connectivity index (χ4n) is 0.791. The van der Waals surface area contributed by atoms with Crippen molar-refractivity contribution in [1.82, 2.24) is 4.98 Å². The van der Waals surface area contributed by atoms with E-state index < -0.39 is 5.97 Å². The summed E-state index contributed by atoms with van der Waals surface area (Å²) < 4.78 is 0.697. The van der Waals surface area contributed by atoms with Crippen molar-refractivity contribution in [2.24, 2.45) is 0 Å². The number of carbonyl (C=O) groups is 1. The Morgan fingerprint density at radius 2 is 2.25 bits per heavy atom. The van der Waals surface area contributed by atoms with Crippen molar-refractivity contribution in [3.05, 3.63) is 10.7 Å². The quantitative estimate of drug-likeness (QED) is 0.725. The van der Waals surface area contributed by atoms with Crippen LogP contribution >= 0.6 is 24.0 Å². The Kier molecular flexibility index (Phi) is 2.74. The number of aromatic nitrogens is 1. The molecule has 1 N–H and O–H groups in total. The van der Waals surface area contributed by atoms with E-state index >= 15 is 0 Å². The van der Waals surface area contributed by atoms with Gasteiger partial charge in [0.15, 0.2) is 0 Å².